The van der Waals surface area contributed by atoms with Crippen molar-refractivity contribution in [3.8, 4) is 0 Å². The van der Waals surface area contributed by atoms with Crippen LogP contribution in [0.3, 0.4) is 0 Å². The van der Waals surface area contributed by atoms with Crippen molar-refractivity contribution in [3.63, 3.8) is 0 Å². The van der Waals surface area contributed by atoms with Gasteiger partial charge in [-0.25, -0.2) is 0 Å². The van der Waals surface area contributed by atoms with Crippen molar-refractivity contribution < 1.29 is 12.6 Å². The molecule has 96 valence electrons. The molecule has 0 fully saturated rings. The summed E-state index contributed by atoms with van der Waals surface area (Å²) in [6, 6.07) is 6.93. The van der Waals surface area contributed by atoms with Gasteiger partial charge in [0.1, 0.15) is 0 Å². The average Bonchev–Trinajstić information content (AvgIpc) is 2.30. The molecular weight excluding hydrogens is 236 g/mol. The van der Waals surface area contributed by atoms with Gasteiger partial charge in [0.15, 0.2) is 0 Å². The van der Waals surface area contributed by atoms with Gasteiger partial charge < -0.3 is 0 Å². The molecule has 0 spiro atoms. The van der Waals surface area contributed by atoms with Crippen molar-refractivity contribution >= 4 is 10.1 Å². The molecule has 0 N–H and O–H groups in total. The van der Waals surface area contributed by atoms with E-state index < -0.39 is 10.1 Å². The predicted molar refractivity (Wildman–Crippen MR) is 68.5 cm³/mol. The van der Waals surface area contributed by atoms with Gasteiger partial charge >= 0.3 is 0 Å². The van der Waals surface area contributed by atoms with Crippen LogP contribution in [0.25, 0.3) is 0 Å². The van der Waals surface area contributed by atoms with Crippen LogP contribution in [0.1, 0.15) is 38.7 Å². The predicted octanol–water partition coefficient (Wildman–Crippen LogP) is 3.14. The van der Waals surface area contributed by atoms with E-state index in [9.17, 15) is 8.42 Å². The Morgan fingerprint density at radius 1 is 1.06 bits per heavy atom. The Bertz CT molecular complexity index is 420. The molecule has 0 unspecified atom stereocenters. The van der Waals surface area contributed by atoms with E-state index in [1.165, 1.54) is 0 Å². The molecule has 0 radical (unpaired) electrons. The first-order valence-corrected chi connectivity index (χ1v) is 7.49. The van der Waals surface area contributed by atoms with E-state index in [0.717, 1.165) is 31.2 Å². The molecule has 0 aliphatic carbocycles. The van der Waals surface area contributed by atoms with Crippen LogP contribution in [0.2, 0.25) is 0 Å². The molecule has 0 aliphatic heterocycles. The van der Waals surface area contributed by atoms with Crippen molar-refractivity contribution in [2.75, 3.05) is 6.61 Å². The molecule has 3 nitrogen and oxygen atoms in total. The molecule has 0 amide bonds. The van der Waals surface area contributed by atoms with Crippen molar-refractivity contribution in [3.05, 3.63) is 29.8 Å². The summed E-state index contributed by atoms with van der Waals surface area (Å²) in [5.74, 6) is 0. The summed E-state index contributed by atoms with van der Waals surface area (Å²) in [7, 11) is -3.56. The molecule has 1 aromatic carbocycles. The largest absolute Gasteiger partial charge is 0.296 e. The summed E-state index contributed by atoms with van der Waals surface area (Å²) in [6.45, 7) is 4.35. The minimum Gasteiger partial charge on any atom is -0.266 e. The highest BCUT2D eigenvalue weighted by molar-refractivity contribution is 7.86. The molecular formula is C13H20O3S. The average molecular weight is 256 g/mol. The van der Waals surface area contributed by atoms with E-state index in [1.54, 1.807) is 12.1 Å². The summed E-state index contributed by atoms with van der Waals surface area (Å²) in [4.78, 5) is 0.244. The first-order chi connectivity index (χ1) is 8.10. The van der Waals surface area contributed by atoms with Gasteiger partial charge in [-0.15, -0.1) is 0 Å². The lowest BCUT2D eigenvalue weighted by atomic mass is 10.1. The number of hydrogen-bond acceptors (Lipinski definition) is 3. The Labute approximate surface area is 104 Å². The molecule has 4 heteroatoms. The van der Waals surface area contributed by atoms with Crippen LogP contribution in [0.15, 0.2) is 29.2 Å². The van der Waals surface area contributed by atoms with E-state index in [2.05, 4.69) is 6.92 Å². The Balaban J connectivity index is 2.71. The van der Waals surface area contributed by atoms with Gasteiger partial charge in [0.25, 0.3) is 10.1 Å². The second-order valence-electron chi connectivity index (χ2n) is 4.02. The molecule has 17 heavy (non-hydrogen) atoms. The summed E-state index contributed by atoms with van der Waals surface area (Å²) < 4.78 is 28.4. The van der Waals surface area contributed by atoms with Gasteiger partial charge in [0.2, 0.25) is 0 Å². The molecule has 0 saturated carbocycles. The molecule has 0 bridgehead atoms. The van der Waals surface area contributed by atoms with Crippen LogP contribution in [-0.2, 0) is 20.7 Å². The number of rotatable bonds is 7. The lowest BCUT2D eigenvalue weighted by Gasteiger charge is -2.05. The minimum absolute atomic E-state index is 0.244. The Kier molecular flexibility index (Phi) is 5.65. The van der Waals surface area contributed by atoms with Crippen LogP contribution in [0.5, 0.6) is 0 Å². The standard InChI is InChI=1S/C13H20O3S/c1-3-5-11-16-17(14,15)13-9-7-12(6-4-2)8-10-13/h7-10H,3-6,11H2,1-2H3. The number of benzene rings is 1. The van der Waals surface area contributed by atoms with E-state index in [-0.39, 0.29) is 11.5 Å². The zero-order valence-electron chi connectivity index (χ0n) is 10.5. The number of hydrogen-bond donors (Lipinski definition) is 0. The van der Waals surface area contributed by atoms with Gasteiger partial charge in [-0.3, -0.25) is 4.18 Å². The molecule has 1 rings (SSSR count). The summed E-state index contributed by atoms with van der Waals surface area (Å²) in [5.41, 5.74) is 1.15. The second kappa shape index (κ2) is 6.77. The van der Waals surface area contributed by atoms with Crippen molar-refractivity contribution in [1.82, 2.24) is 0 Å². The van der Waals surface area contributed by atoms with Crippen LogP contribution in [0.4, 0.5) is 0 Å². The summed E-state index contributed by atoms with van der Waals surface area (Å²) in [5, 5.41) is 0. The maximum absolute atomic E-state index is 11.8. The first kappa shape index (κ1) is 14.2. The van der Waals surface area contributed by atoms with Crippen molar-refractivity contribution in [2.45, 2.75) is 44.4 Å². The number of aryl methyl sites for hydroxylation is 1. The van der Waals surface area contributed by atoms with E-state index >= 15 is 0 Å². The third-order valence-electron chi connectivity index (χ3n) is 2.49. The van der Waals surface area contributed by atoms with Crippen molar-refractivity contribution in [1.29, 1.82) is 0 Å². The monoisotopic (exact) mass is 256 g/mol. The summed E-state index contributed by atoms with van der Waals surface area (Å²) >= 11 is 0. The molecule has 0 atom stereocenters. The quantitative estimate of drug-likeness (QED) is 0.556. The van der Waals surface area contributed by atoms with E-state index in [0.29, 0.717) is 0 Å². The fourth-order valence-electron chi connectivity index (χ4n) is 1.49. The van der Waals surface area contributed by atoms with Crippen LogP contribution >= 0.6 is 0 Å². The van der Waals surface area contributed by atoms with E-state index in [4.69, 9.17) is 4.18 Å². The van der Waals surface area contributed by atoms with Gasteiger partial charge in [-0.2, -0.15) is 8.42 Å². The number of unbranched alkanes of at least 4 members (excludes halogenated alkanes) is 1. The third-order valence-corrected chi connectivity index (χ3v) is 3.81. The molecule has 0 heterocycles. The van der Waals surface area contributed by atoms with Crippen LogP contribution < -0.4 is 0 Å². The van der Waals surface area contributed by atoms with Crippen LogP contribution in [-0.4, -0.2) is 15.0 Å². The zero-order valence-corrected chi connectivity index (χ0v) is 11.3. The van der Waals surface area contributed by atoms with Gasteiger partial charge in [0.05, 0.1) is 11.5 Å². The van der Waals surface area contributed by atoms with Gasteiger partial charge in [-0.05, 0) is 30.5 Å². The van der Waals surface area contributed by atoms with E-state index in [1.807, 2.05) is 19.1 Å². The smallest absolute Gasteiger partial charge is 0.266 e. The second-order valence-corrected chi connectivity index (χ2v) is 5.64. The normalized spacial score (nSPS) is 11.6. The molecule has 1 aromatic rings. The summed E-state index contributed by atoms with van der Waals surface area (Å²) in [6.07, 6.45) is 3.70. The Hall–Kier alpha value is -0.870. The lowest BCUT2D eigenvalue weighted by Crippen LogP contribution is -2.07. The first-order valence-electron chi connectivity index (χ1n) is 6.08. The SMILES string of the molecule is CCCCOS(=O)(=O)c1ccc(CCC)cc1. The van der Waals surface area contributed by atoms with Gasteiger partial charge in [0, 0.05) is 0 Å². The minimum atomic E-state index is -3.56. The molecule has 0 aromatic heterocycles. The zero-order chi connectivity index (χ0) is 12.7. The lowest BCUT2D eigenvalue weighted by molar-refractivity contribution is 0.311. The van der Waals surface area contributed by atoms with Crippen LogP contribution in [0, 0.1) is 0 Å². The molecule has 0 saturated heterocycles. The highest BCUT2D eigenvalue weighted by atomic mass is 32.2. The highest BCUT2D eigenvalue weighted by Gasteiger charge is 2.14. The van der Waals surface area contributed by atoms with Crippen molar-refractivity contribution in [2.24, 2.45) is 0 Å². The molecule has 0 aliphatic rings. The fourth-order valence-corrected chi connectivity index (χ4v) is 2.44. The Morgan fingerprint density at radius 2 is 1.71 bits per heavy atom. The maximum Gasteiger partial charge on any atom is 0.296 e. The Morgan fingerprint density at radius 3 is 2.24 bits per heavy atom. The topological polar surface area (TPSA) is 43.4 Å². The third kappa shape index (κ3) is 4.48. The fraction of sp³-hybridized carbons (Fsp3) is 0.538. The van der Waals surface area contributed by atoms with Gasteiger partial charge in [-0.1, -0.05) is 38.8 Å². The maximum atomic E-state index is 11.8. The highest BCUT2D eigenvalue weighted by Crippen LogP contribution is 2.14.